The Morgan fingerprint density at radius 2 is 1.72 bits per heavy atom. The molecule has 11 heteroatoms. The number of ether oxygens (including phenoxy) is 1. The molecule has 202 valence electrons. The molecule has 0 radical (unpaired) electrons. The van der Waals surface area contributed by atoms with Crippen LogP contribution in [0.15, 0.2) is 65.1 Å². The SMILES string of the molecule is CCc1ccc(N(C(=O)c2snc(C(N)=O)c2N)[C@H](C(=O)NCc2ccc(OC)cc2)c2ccc(C)o2)cc1. The van der Waals surface area contributed by atoms with E-state index >= 15 is 0 Å². The van der Waals surface area contributed by atoms with Gasteiger partial charge in [0.15, 0.2) is 11.7 Å². The number of hydrogen-bond acceptors (Lipinski definition) is 8. The van der Waals surface area contributed by atoms with Crippen molar-refractivity contribution in [1.29, 1.82) is 0 Å². The minimum atomic E-state index is -1.20. The van der Waals surface area contributed by atoms with Crippen LogP contribution >= 0.6 is 11.5 Å². The lowest BCUT2D eigenvalue weighted by atomic mass is 10.1. The summed E-state index contributed by atoms with van der Waals surface area (Å²) in [5.74, 6) is -0.437. The molecule has 2 aromatic carbocycles. The van der Waals surface area contributed by atoms with Crippen LogP contribution in [0, 0.1) is 6.92 Å². The van der Waals surface area contributed by atoms with Gasteiger partial charge in [-0.2, -0.15) is 4.37 Å². The molecule has 2 heterocycles. The van der Waals surface area contributed by atoms with Gasteiger partial charge in [-0.15, -0.1) is 0 Å². The summed E-state index contributed by atoms with van der Waals surface area (Å²) in [4.78, 5) is 40.9. The summed E-state index contributed by atoms with van der Waals surface area (Å²) < 4.78 is 15.0. The maximum atomic E-state index is 14.1. The number of carbonyl (C=O) groups excluding carboxylic acids is 3. The predicted octanol–water partition coefficient (Wildman–Crippen LogP) is 4.00. The molecule has 0 bridgehead atoms. The van der Waals surface area contributed by atoms with Gasteiger partial charge < -0.3 is 25.9 Å². The number of benzene rings is 2. The Bertz CT molecular complexity index is 1480. The third kappa shape index (κ3) is 5.93. The standard InChI is InChI=1S/C28H29N5O5S/c1-4-17-6-10-19(11-7-17)33(28(36)25-22(29)23(26(30)34)32-39-25)24(21-14-5-16(2)38-21)27(35)31-15-18-8-12-20(37-3)13-9-18/h5-14,24H,4,15,29H2,1-3H3,(H2,30,34)(H,31,35)/t24-/m0/s1. The molecule has 0 unspecified atom stereocenters. The van der Waals surface area contributed by atoms with E-state index in [1.54, 1.807) is 50.4 Å². The molecule has 4 rings (SSSR count). The third-order valence-electron chi connectivity index (χ3n) is 6.16. The number of methoxy groups -OCH3 is 1. The van der Waals surface area contributed by atoms with Crippen LogP contribution in [0.2, 0.25) is 0 Å². The fraction of sp³-hybridized carbons (Fsp3) is 0.214. The summed E-state index contributed by atoms with van der Waals surface area (Å²) in [5.41, 5.74) is 13.5. The van der Waals surface area contributed by atoms with E-state index in [2.05, 4.69) is 9.69 Å². The lowest BCUT2D eigenvalue weighted by Crippen LogP contribution is -2.43. The summed E-state index contributed by atoms with van der Waals surface area (Å²) >= 11 is 0.745. The molecule has 4 aromatic rings. The van der Waals surface area contributed by atoms with Crippen molar-refractivity contribution in [2.75, 3.05) is 17.7 Å². The van der Waals surface area contributed by atoms with Crippen molar-refractivity contribution in [3.8, 4) is 5.75 Å². The largest absolute Gasteiger partial charge is 0.497 e. The first-order valence-electron chi connectivity index (χ1n) is 12.2. The summed E-state index contributed by atoms with van der Waals surface area (Å²) in [6, 6.07) is 16.7. The van der Waals surface area contributed by atoms with Crippen molar-refractivity contribution in [2.24, 2.45) is 5.73 Å². The maximum absolute atomic E-state index is 14.1. The van der Waals surface area contributed by atoms with Crippen molar-refractivity contribution < 1.29 is 23.5 Å². The number of primary amides is 1. The summed E-state index contributed by atoms with van der Waals surface area (Å²) in [6.07, 6.45) is 0.793. The number of anilines is 2. The zero-order chi connectivity index (χ0) is 28.1. The predicted molar refractivity (Wildman–Crippen MR) is 149 cm³/mol. The monoisotopic (exact) mass is 547 g/mol. The first-order valence-corrected chi connectivity index (χ1v) is 12.9. The lowest BCUT2D eigenvalue weighted by Gasteiger charge is -2.30. The highest BCUT2D eigenvalue weighted by atomic mass is 32.1. The van der Waals surface area contributed by atoms with Crippen LogP contribution in [0.1, 0.15) is 55.8 Å². The molecular formula is C28H29N5O5S. The van der Waals surface area contributed by atoms with E-state index in [9.17, 15) is 14.4 Å². The van der Waals surface area contributed by atoms with Crippen molar-refractivity contribution in [3.05, 3.63) is 93.9 Å². The number of nitrogens with one attached hydrogen (secondary N) is 1. The smallest absolute Gasteiger partial charge is 0.273 e. The van der Waals surface area contributed by atoms with Crippen LogP contribution < -0.4 is 26.4 Å². The highest BCUT2D eigenvalue weighted by Crippen LogP contribution is 2.34. The van der Waals surface area contributed by atoms with E-state index in [0.29, 0.717) is 17.2 Å². The van der Waals surface area contributed by atoms with Crippen molar-refractivity contribution >= 4 is 40.6 Å². The molecule has 1 atom stereocenters. The molecule has 2 aromatic heterocycles. The molecule has 0 saturated carbocycles. The fourth-order valence-electron chi connectivity index (χ4n) is 4.02. The van der Waals surface area contributed by atoms with Gasteiger partial charge in [0.2, 0.25) is 0 Å². The molecule has 39 heavy (non-hydrogen) atoms. The molecule has 0 saturated heterocycles. The van der Waals surface area contributed by atoms with Gasteiger partial charge in [-0.05, 0) is 72.4 Å². The Balaban J connectivity index is 1.77. The summed E-state index contributed by atoms with van der Waals surface area (Å²) in [6.45, 7) is 3.96. The van der Waals surface area contributed by atoms with Gasteiger partial charge in [0.25, 0.3) is 17.7 Å². The van der Waals surface area contributed by atoms with Crippen molar-refractivity contribution in [1.82, 2.24) is 9.69 Å². The molecule has 0 aliphatic carbocycles. The fourth-order valence-corrected chi connectivity index (χ4v) is 4.76. The van der Waals surface area contributed by atoms with Crippen LogP contribution in [0.4, 0.5) is 11.4 Å². The first-order chi connectivity index (χ1) is 18.7. The van der Waals surface area contributed by atoms with E-state index in [-0.39, 0.29) is 28.6 Å². The second kappa shape index (κ2) is 11.8. The van der Waals surface area contributed by atoms with E-state index < -0.39 is 23.8 Å². The Hall–Kier alpha value is -4.64. The van der Waals surface area contributed by atoms with Gasteiger partial charge in [-0.3, -0.25) is 19.3 Å². The molecule has 0 fully saturated rings. The number of aromatic nitrogens is 1. The van der Waals surface area contributed by atoms with Gasteiger partial charge in [-0.1, -0.05) is 31.2 Å². The number of rotatable bonds is 10. The van der Waals surface area contributed by atoms with Gasteiger partial charge >= 0.3 is 0 Å². The van der Waals surface area contributed by atoms with E-state index in [1.807, 2.05) is 31.2 Å². The van der Waals surface area contributed by atoms with Crippen LogP contribution in [-0.2, 0) is 17.8 Å². The van der Waals surface area contributed by atoms with Gasteiger partial charge in [0, 0.05) is 12.2 Å². The number of carbonyl (C=O) groups is 3. The van der Waals surface area contributed by atoms with Gasteiger partial charge in [0.1, 0.15) is 22.1 Å². The van der Waals surface area contributed by atoms with Crippen LogP contribution in [-0.4, -0.2) is 29.2 Å². The number of hydrogen-bond donors (Lipinski definition) is 3. The third-order valence-corrected chi connectivity index (χ3v) is 7.01. The number of nitrogens with two attached hydrogens (primary N) is 2. The number of aryl methyl sites for hydroxylation is 2. The molecule has 5 N–H and O–H groups in total. The lowest BCUT2D eigenvalue weighted by molar-refractivity contribution is -0.123. The van der Waals surface area contributed by atoms with E-state index in [0.717, 1.165) is 29.1 Å². The highest BCUT2D eigenvalue weighted by Gasteiger charge is 2.37. The van der Waals surface area contributed by atoms with Gasteiger partial charge in [0.05, 0.1) is 12.8 Å². The Morgan fingerprint density at radius 3 is 2.26 bits per heavy atom. The molecule has 3 amide bonds. The normalized spacial score (nSPS) is 11.6. The summed E-state index contributed by atoms with van der Waals surface area (Å²) in [7, 11) is 1.58. The number of amides is 3. The van der Waals surface area contributed by atoms with E-state index in [4.69, 9.17) is 20.6 Å². The molecule has 0 spiro atoms. The van der Waals surface area contributed by atoms with Crippen molar-refractivity contribution in [2.45, 2.75) is 32.9 Å². The topological polar surface area (TPSA) is 154 Å². The molecule has 0 aliphatic heterocycles. The zero-order valence-corrected chi connectivity index (χ0v) is 22.6. The number of furan rings is 1. The van der Waals surface area contributed by atoms with Crippen LogP contribution in [0.5, 0.6) is 5.75 Å². The zero-order valence-electron chi connectivity index (χ0n) is 21.8. The molecular weight excluding hydrogens is 518 g/mol. The molecule has 0 aliphatic rings. The van der Waals surface area contributed by atoms with Crippen LogP contribution in [0.25, 0.3) is 0 Å². The first kappa shape index (κ1) is 27.4. The van der Waals surface area contributed by atoms with Gasteiger partial charge in [-0.25, -0.2) is 0 Å². The average molecular weight is 548 g/mol. The molecule has 10 nitrogen and oxygen atoms in total. The maximum Gasteiger partial charge on any atom is 0.273 e. The Kier molecular flexibility index (Phi) is 8.30. The number of nitrogens with zero attached hydrogens (tertiary/aromatic N) is 2. The Morgan fingerprint density at radius 1 is 1.05 bits per heavy atom. The number of nitrogen functional groups attached to an aromatic ring is 1. The summed E-state index contributed by atoms with van der Waals surface area (Å²) in [5, 5.41) is 2.91. The highest BCUT2D eigenvalue weighted by molar-refractivity contribution is 7.09. The van der Waals surface area contributed by atoms with Crippen molar-refractivity contribution in [3.63, 3.8) is 0 Å². The Labute approximate surface area is 229 Å². The minimum Gasteiger partial charge on any atom is -0.497 e. The average Bonchev–Trinajstić information content (AvgIpc) is 3.55. The second-order valence-corrected chi connectivity index (χ2v) is 9.52. The van der Waals surface area contributed by atoms with E-state index in [1.165, 1.54) is 4.90 Å². The quantitative estimate of drug-likeness (QED) is 0.271. The van der Waals surface area contributed by atoms with Crippen LogP contribution in [0.3, 0.4) is 0 Å². The second-order valence-electron chi connectivity index (χ2n) is 8.75. The minimum absolute atomic E-state index is 0.0143.